The summed E-state index contributed by atoms with van der Waals surface area (Å²) in [5, 5.41) is 15.5. The zero-order chi connectivity index (χ0) is 12.1. The third kappa shape index (κ3) is 2.85. The van der Waals surface area contributed by atoms with Gasteiger partial charge in [-0.25, -0.2) is 14.8 Å². The van der Waals surface area contributed by atoms with E-state index < -0.39 is 5.97 Å². The monoisotopic (exact) mass is 234 g/mol. The van der Waals surface area contributed by atoms with Gasteiger partial charge in [0.2, 0.25) is 0 Å². The lowest BCUT2D eigenvalue weighted by Gasteiger charge is -2.04. The normalized spacial score (nSPS) is 10.4. The fourth-order valence-electron chi connectivity index (χ4n) is 1.31. The summed E-state index contributed by atoms with van der Waals surface area (Å²) in [4.78, 5) is 18.5. The molecule has 0 aliphatic heterocycles. The predicted octanol–water partition coefficient (Wildman–Crippen LogP) is 0.453. The van der Waals surface area contributed by atoms with Crippen LogP contribution in [-0.2, 0) is 13.1 Å². The van der Waals surface area contributed by atoms with E-state index in [4.69, 9.17) is 9.63 Å². The van der Waals surface area contributed by atoms with Crippen LogP contribution in [0, 0.1) is 0 Å². The van der Waals surface area contributed by atoms with Crippen LogP contribution in [0.1, 0.15) is 21.8 Å². The maximum Gasteiger partial charge on any atom is 0.339 e. The first-order chi connectivity index (χ1) is 8.27. The van der Waals surface area contributed by atoms with Crippen LogP contribution in [0.4, 0.5) is 0 Å². The van der Waals surface area contributed by atoms with Gasteiger partial charge < -0.3 is 14.9 Å². The van der Waals surface area contributed by atoms with Gasteiger partial charge >= 0.3 is 5.97 Å². The molecule has 88 valence electrons. The highest BCUT2D eigenvalue weighted by Gasteiger charge is 2.10. The molecule has 2 heterocycles. The van der Waals surface area contributed by atoms with Crippen LogP contribution < -0.4 is 5.32 Å². The summed E-state index contributed by atoms with van der Waals surface area (Å²) in [6, 6.07) is 1.73. The maximum atomic E-state index is 10.9. The van der Waals surface area contributed by atoms with E-state index in [1.54, 1.807) is 12.3 Å². The van der Waals surface area contributed by atoms with Crippen LogP contribution in [0.15, 0.2) is 29.3 Å². The van der Waals surface area contributed by atoms with E-state index in [0.29, 0.717) is 24.5 Å². The molecule has 2 aromatic rings. The summed E-state index contributed by atoms with van der Waals surface area (Å²) in [6.45, 7) is 0.786. The van der Waals surface area contributed by atoms with E-state index in [1.807, 2.05) is 0 Å². The van der Waals surface area contributed by atoms with E-state index in [1.165, 1.54) is 12.5 Å². The van der Waals surface area contributed by atoms with Gasteiger partial charge in [0.15, 0.2) is 0 Å². The molecule has 2 aromatic heterocycles. The molecule has 0 saturated heterocycles. The molecule has 0 saturated carbocycles. The van der Waals surface area contributed by atoms with Crippen molar-refractivity contribution in [3.05, 3.63) is 41.8 Å². The molecule has 0 spiro atoms. The number of carboxylic acids is 1. The molecule has 0 aliphatic carbocycles. The summed E-state index contributed by atoms with van der Waals surface area (Å²) >= 11 is 0. The minimum Gasteiger partial charge on any atom is -0.478 e. The lowest BCUT2D eigenvalue weighted by molar-refractivity contribution is 0.0694. The highest BCUT2D eigenvalue weighted by atomic mass is 16.5. The molecular weight excluding hydrogens is 224 g/mol. The van der Waals surface area contributed by atoms with Crippen molar-refractivity contribution in [1.82, 2.24) is 20.4 Å². The Hall–Kier alpha value is -2.28. The molecule has 17 heavy (non-hydrogen) atoms. The van der Waals surface area contributed by atoms with Gasteiger partial charge in [-0.3, -0.25) is 0 Å². The Kier molecular flexibility index (Phi) is 3.41. The Morgan fingerprint density at radius 3 is 3.06 bits per heavy atom. The zero-order valence-corrected chi connectivity index (χ0v) is 8.83. The third-order valence-corrected chi connectivity index (χ3v) is 2.11. The standard InChI is InChI=1S/C10H10N4O3/c15-10(16)8-4-12-6-13-9(8)5-11-3-7-1-2-14-17-7/h1-2,4,6,11H,3,5H2,(H,15,16). The van der Waals surface area contributed by atoms with Crippen molar-refractivity contribution in [3.63, 3.8) is 0 Å². The number of carboxylic acid groups (broad SMARTS) is 1. The highest BCUT2D eigenvalue weighted by Crippen LogP contribution is 2.04. The summed E-state index contributed by atoms with van der Waals surface area (Å²) < 4.78 is 4.89. The minimum absolute atomic E-state index is 0.0950. The molecule has 0 fully saturated rings. The molecule has 2 N–H and O–H groups in total. The zero-order valence-electron chi connectivity index (χ0n) is 8.83. The van der Waals surface area contributed by atoms with Crippen molar-refractivity contribution >= 4 is 5.97 Å². The first-order valence-electron chi connectivity index (χ1n) is 4.90. The summed E-state index contributed by atoms with van der Waals surface area (Å²) in [5.74, 6) is -0.363. The van der Waals surface area contributed by atoms with E-state index in [-0.39, 0.29) is 5.56 Å². The Bertz CT molecular complexity index is 498. The third-order valence-electron chi connectivity index (χ3n) is 2.11. The molecule has 0 radical (unpaired) electrons. The fourth-order valence-corrected chi connectivity index (χ4v) is 1.31. The first kappa shape index (κ1) is 11.2. The SMILES string of the molecule is O=C(O)c1cncnc1CNCc1ccno1. The van der Waals surface area contributed by atoms with Crippen molar-refractivity contribution in [1.29, 1.82) is 0 Å². The molecule has 0 aliphatic rings. The van der Waals surface area contributed by atoms with Crippen molar-refractivity contribution in [2.75, 3.05) is 0 Å². The Morgan fingerprint density at radius 2 is 2.35 bits per heavy atom. The molecule has 0 atom stereocenters. The van der Waals surface area contributed by atoms with Gasteiger partial charge in [-0.1, -0.05) is 5.16 Å². The number of hydrogen-bond donors (Lipinski definition) is 2. The topological polar surface area (TPSA) is 101 Å². The van der Waals surface area contributed by atoms with Crippen molar-refractivity contribution < 1.29 is 14.4 Å². The Morgan fingerprint density at radius 1 is 1.47 bits per heavy atom. The summed E-state index contributed by atoms with van der Waals surface area (Å²) in [5.41, 5.74) is 0.532. The van der Waals surface area contributed by atoms with E-state index in [0.717, 1.165) is 0 Å². The smallest absolute Gasteiger partial charge is 0.339 e. The minimum atomic E-state index is -1.04. The van der Waals surface area contributed by atoms with Crippen molar-refractivity contribution in [2.24, 2.45) is 0 Å². The van der Waals surface area contributed by atoms with E-state index >= 15 is 0 Å². The molecule has 2 rings (SSSR count). The second-order valence-corrected chi connectivity index (χ2v) is 3.27. The average molecular weight is 234 g/mol. The van der Waals surface area contributed by atoms with Gasteiger partial charge in [0.25, 0.3) is 0 Å². The van der Waals surface area contributed by atoms with Gasteiger partial charge in [0.05, 0.1) is 18.4 Å². The van der Waals surface area contributed by atoms with Crippen LogP contribution in [-0.4, -0.2) is 26.2 Å². The van der Waals surface area contributed by atoms with Crippen LogP contribution in [0.5, 0.6) is 0 Å². The van der Waals surface area contributed by atoms with Crippen LogP contribution in [0.3, 0.4) is 0 Å². The predicted molar refractivity (Wildman–Crippen MR) is 56.0 cm³/mol. The number of carbonyl (C=O) groups is 1. The number of rotatable bonds is 5. The largest absolute Gasteiger partial charge is 0.478 e. The van der Waals surface area contributed by atoms with Gasteiger partial charge in [-0.2, -0.15) is 0 Å². The van der Waals surface area contributed by atoms with Gasteiger partial charge in [0, 0.05) is 18.8 Å². The second kappa shape index (κ2) is 5.17. The molecule has 0 amide bonds. The molecule has 0 aromatic carbocycles. The lowest BCUT2D eigenvalue weighted by Crippen LogP contribution is -2.16. The van der Waals surface area contributed by atoms with Crippen molar-refractivity contribution in [2.45, 2.75) is 13.1 Å². The van der Waals surface area contributed by atoms with Gasteiger partial charge in [0.1, 0.15) is 17.7 Å². The fraction of sp³-hybridized carbons (Fsp3) is 0.200. The molecule has 0 bridgehead atoms. The summed E-state index contributed by atoms with van der Waals surface area (Å²) in [6.07, 6.45) is 4.14. The van der Waals surface area contributed by atoms with Gasteiger partial charge in [-0.15, -0.1) is 0 Å². The van der Waals surface area contributed by atoms with Crippen LogP contribution in [0.25, 0.3) is 0 Å². The van der Waals surface area contributed by atoms with E-state index in [9.17, 15) is 4.79 Å². The van der Waals surface area contributed by atoms with Gasteiger partial charge in [-0.05, 0) is 0 Å². The number of aromatic nitrogens is 3. The number of nitrogens with one attached hydrogen (secondary N) is 1. The Balaban J connectivity index is 1.97. The number of hydrogen-bond acceptors (Lipinski definition) is 6. The first-order valence-corrected chi connectivity index (χ1v) is 4.90. The molecule has 0 unspecified atom stereocenters. The number of aromatic carboxylic acids is 1. The van der Waals surface area contributed by atoms with Crippen LogP contribution >= 0.6 is 0 Å². The quantitative estimate of drug-likeness (QED) is 0.774. The molecular formula is C10H10N4O3. The molecule has 7 nitrogen and oxygen atoms in total. The number of nitrogens with zero attached hydrogens (tertiary/aromatic N) is 3. The highest BCUT2D eigenvalue weighted by molar-refractivity contribution is 5.88. The maximum absolute atomic E-state index is 10.9. The average Bonchev–Trinajstić information content (AvgIpc) is 2.82. The lowest BCUT2D eigenvalue weighted by atomic mass is 10.2. The molecule has 7 heteroatoms. The summed E-state index contributed by atoms with van der Waals surface area (Å²) in [7, 11) is 0. The van der Waals surface area contributed by atoms with Crippen molar-refractivity contribution in [3.8, 4) is 0 Å². The second-order valence-electron chi connectivity index (χ2n) is 3.27. The Labute approximate surface area is 96.5 Å². The van der Waals surface area contributed by atoms with E-state index in [2.05, 4.69) is 20.4 Å². The van der Waals surface area contributed by atoms with Crippen LogP contribution in [0.2, 0.25) is 0 Å².